The molecule has 0 aromatic rings. The van der Waals surface area contributed by atoms with Crippen LogP contribution in [0.2, 0.25) is 0 Å². The molecule has 1 rings (SSSR count). The molecule has 0 heterocycles. The second-order valence-electron chi connectivity index (χ2n) is 4.42. The van der Waals surface area contributed by atoms with E-state index < -0.39 is 0 Å². The van der Waals surface area contributed by atoms with Crippen molar-refractivity contribution in [3.63, 3.8) is 0 Å². The third kappa shape index (κ3) is 3.93. The predicted molar refractivity (Wildman–Crippen MR) is 56.1 cm³/mol. The maximum absolute atomic E-state index is 11.9. The Labute approximate surface area is 86.1 Å². The van der Waals surface area contributed by atoms with Crippen LogP contribution in [0, 0.1) is 5.92 Å². The number of aliphatic hydroxyl groups excluding tert-OH is 1. The molecule has 2 atom stereocenters. The van der Waals surface area contributed by atoms with E-state index in [0.717, 1.165) is 32.4 Å². The van der Waals surface area contributed by atoms with Crippen LogP contribution in [0.4, 0.5) is 4.39 Å². The topological polar surface area (TPSA) is 23.5 Å². The molecule has 14 heavy (non-hydrogen) atoms. The molecule has 0 amide bonds. The van der Waals surface area contributed by atoms with Crippen LogP contribution in [0.1, 0.15) is 32.1 Å². The fourth-order valence-electron chi connectivity index (χ4n) is 2.22. The van der Waals surface area contributed by atoms with E-state index in [1.165, 1.54) is 6.42 Å². The van der Waals surface area contributed by atoms with Gasteiger partial charge in [-0.3, -0.25) is 4.39 Å². The molecule has 0 saturated heterocycles. The Kier molecular flexibility index (Phi) is 5.41. The zero-order chi connectivity index (χ0) is 10.4. The summed E-state index contributed by atoms with van der Waals surface area (Å²) >= 11 is 0. The standard InChI is InChI=1S/C11H22FNO/c1-13(8-4-7-12)9-10-5-2-3-6-11(10)14/h10-11,14H,2-9H2,1H3. The zero-order valence-electron chi connectivity index (χ0n) is 9.08. The molecule has 0 bridgehead atoms. The van der Waals surface area contributed by atoms with Crippen molar-refractivity contribution in [3.05, 3.63) is 0 Å². The van der Waals surface area contributed by atoms with Crippen LogP contribution >= 0.6 is 0 Å². The van der Waals surface area contributed by atoms with Crippen molar-refractivity contribution in [2.75, 3.05) is 26.8 Å². The van der Waals surface area contributed by atoms with Gasteiger partial charge in [-0.25, -0.2) is 0 Å². The van der Waals surface area contributed by atoms with Crippen molar-refractivity contribution in [3.8, 4) is 0 Å². The first-order chi connectivity index (χ1) is 6.74. The molecule has 0 spiro atoms. The van der Waals surface area contributed by atoms with E-state index in [2.05, 4.69) is 4.90 Å². The first-order valence-electron chi connectivity index (χ1n) is 5.66. The molecule has 0 aliphatic heterocycles. The normalized spacial score (nSPS) is 28.3. The minimum Gasteiger partial charge on any atom is -0.393 e. The molecule has 2 nitrogen and oxygen atoms in total. The number of hydrogen-bond donors (Lipinski definition) is 1. The molecule has 3 heteroatoms. The first-order valence-corrected chi connectivity index (χ1v) is 5.66. The van der Waals surface area contributed by atoms with Gasteiger partial charge in [0.25, 0.3) is 0 Å². The van der Waals surface area contributed by atoms with Gasteiger partial charge >= 0.3 is 0 Å². The van der Waals surface area contributed by atoms with Crippen molar-refractivity contribution in [1.29, 1.82) is 0 Å². The zero-order valence-corrected chi connectivity index (χ0v) is 9.08. The van der Waals surface area contributed by atoms with Gasteiger partial charge in [-0.05, 0) is 32.2 Å². The lowest BCUT2D eigenvalue weighted by molar-refractivity contribution is 0.0510. The summed E-state index contributed by atoms with van der Waals surface area (Å²) in [4.78, 5) is 2.14. The Morgan fingerprint density at radius 1 is 1.36 bits per heavy atom. The van der Waals surface area contributed by atoms with E-state index in [1.54, 1.807) is 0 Å². The fraction of sp³-hybridized carbons (Fsp3) is 1.00. The van der Waals surface area contributed by atoms with Crippen LogP contribution in [0.3, 0.4) is 0 Å². The molecule has 0 aromatic carbocycles. The smallest absolute Gasteiger partial charge is 0.0906 e. The van der Waals surface area contributed by atoms with Gasteiger partial charge in [0.05, 0.1) is 12.8 Å². The lowest BCUT2D eigenvalue weighted by Gasteiger charge is -2.31. The van der Waals surface area contributed by atoms with Gasteiger partial charge in [0.1, 0.15) is 0 Å². The van der Waals surface area contributed by atoms with Crippen molar-refractivity contribution in [1.82, 2.24) is 4.90 Å². The van der Waals surface area contributed by atoms with Crippen LogP contribution in [-0.4, -0.2) is 42.9 Å². The summed E-state index contributed by atoms with van der Waals surface area (Å²) in [5.41, 5.74) is 0. The molecule has 1 aliphatic rings. The molecule has 84 valence electrons. The van der Waals surface area contributed by atoms with Gasteiger partial charge in [0.15, 0.2) is 0 Å². The summed E-state index contributed by atoms with van der Waals surface area (Å²) in [6, 6.07) is 0. The lowest BCUT2D eigenvalue weighted by atomic mass is 9.86. The van der Waals surface area contributed by atoms with Crippen LogP contribution in [0.15, 0.2) is 0 Å². The van der Waals surface area contributed by atoms with Crippen LogP contribution < -0.4 is 0 Å². The SMILES string of the molecule is CN(CCCF)CC1CCCCC1O. The van der Waals surface area contributed by atoms with Crippen molar-refractivity contribution in [2.45, 2.75) is 38.2 Å². The molecule has 1 fully saturated rings. The maximum Gasteiger partial charge on any atom is 0.0906 e. The predicted octanol–water partition coefficient (Wildman–Crippen LogP) is 1.83. The van der Waals surface area contributed by atoms with Gasteiger partial charge in [-0.2, -0.15) is 0 Å². The third-order valence-corrected chi connectivity index (χ3v) is 3.09. The molecule has 0 aromatic heterocycles. The number of aliphatic hydroxyl groups is 1. The molecular formula is C11H22FNO. The van der Waals surface area contributed by atoms with E-state index in [9.17, 15) is 9.50 Å². The van der Waals surface area contributed by atoms with E-state index in [4.69, 9.17) is 0 Å². The van der Waals surface area contributed by atoms with Crippen LogP contribution in [0.5, 0.6) is 0 Å². The molecule has 0 radical (unpaired) electrons. The second kappa shape index (κ2) is 6.36. The second-order valence-corrected chi connectivity index (χ2v) is 4.42. The average Bonchev–Trinajstić information content (AvgIpc) is 2.18. The minimum absolute atomic E-state index is 0.128. The number of hydrogen-bond acceptors (Lipinski definition) is 2. The molecule has 1 N–H and O–H groups in total. The highest BCUT2D eigenvalue weighted by molar-refractivity contribution is 4.76. The highest BCUT2D eigenvalue weighted by atomic mass is 19.1. The Bertz CT molecular complexity index is 154. The van der Waals surface area contributed by atoms with E-state index in [-0.39, 0.29) is 12.8 Å². The van der Waals surface area contributed by atoms with Crippen molar-refractivity contribution in [2.24, 2.45) is 5.92 Å². The lowest BCUT2D eigenvalue weighted by Crippen LogP contribution is -2.35. The molecule has 1 saturated carbocycles. The summed E-state index contributed by atoms with van der Waals surface area (Å²) in [5.74, 6) is 0.411. The number of nitrogens with zero attached hydrogens (tertiary/aromatic N) is 1. The average molecular weight is 203 g/mol. The summed E-state index contributed by atoms with van der Waals surface area (Å²) in [7, 11) is 2.01. The van der Waals surface area contributed by atoms with Gasteiger partial charge < -0.3 is 10.0 Å². The summed E-state index contributed by atoms with van der Waals surface area (Å²) < 4.78 is 11.9. The van der Waals surface area contributed by atoms with Crippen molar-refractivity contribution < 1.29 is 9.50 Å². The molecule has 1 aliphatic carbocycles. The van der Waals surface area contributed by atoms with Crippen LogP contribution in [-0.2, 0) is 0 Å². The highest BCUT2D eigenvalue weighted by Crippen LogP contribution is 2.24. The quantitative estimate of drug-likeness (QED) is 0.737. The number of alkyl halides is 1. The third-order valence-electron chi connectivity index (χ3n) is 3.09. The largest absolute Gasteiger partial charge is 0.393 e. The van der Waals surface area contributed by atoms with Gasteiger partial charge in [0.2, 0.25) is 0 Å². The van der Waals surface area contributed by atoms with Gasteiger partial charge in [-0.1, -0.05) is 12.8 Å². The fourth-order valence-corrected chi connectivity index (χ4v) is 2.22. The van der Waals surface area contributed by atoms with Crippen LogP contribution in [0.25, 0.3) is 0 Å². The Morgan fingerprint density at radius 3 is 2.71 bits per heavy atom. The summed E-state index contributed by atoms with van der Waals surface area (Å²) in [6.45, 7) is 1.48. The summed E-state index contributed by atoms with van der Waals surface area (Å²) in [6.07, 6.45) is 4.95. The van der Waals surface area contributed by atoms with Gasteiger partial charge in [0, 0.05) is 13.1 Å². The number of rotatable bonds is 5. The Morgan fingerprint density at radius 2 is 2.07 bits per heavy atom. The van der Waals surface area contributed by atoms with E-state index in [1.807, 2.05) is 7.05 Å². The minimum atomic E-state index is -0.239. The van der Waals surface area contributed by atoms with E-state index in [0.29, 0.717) is 12.3 Å². The first kappa shape index (κ1) is 11.9. The summed E-state index contributed by atoms with van der Waals surface area (Å²) in [5, 5.41) is 9.74. The maximum atomic E-state index is 11.9. The Hall–Kier alpha value is -0.150. The molecular weight excluding hydrogens is 181 g/mol. The Balaban J connectivity index is 2.20. The molecule has 2 unspecified atom stereocenters. The monoisotopic (exact) mass is 203 g/mol. The van der Waals surface area contributed by atoms with Crippen molar-refractivity contribution >= 4 is 0 Å². The number of halogens is 1. The van der Waals surface area contributed by atoms with E-state index >= 15 is 0 Å². The highest BCUT2D eigenvalue weighted by Gasteiger charge is 2.23. The van der Waals surface area contributed by atoms with Gasteiger partial charge in [-0.15, -0.1) is 0 Å².